The Hall–Kier alpha value is -1.96. The van der Waals surface area contributed by atoms with Crippen LogP contribution in [0.3, 0.4) is 0 Å². The predicted molar refractivity (Wildman–Crippen MR) is 65.1 cm³/mol. The molecule has 2 aromatic rings. The second-order valence-corrected chi connectivity index (χ2v) is 5.43. The molecule has 0 saturated carbocycles. The lowest BCUT2D eigenvalue weighted by Crippen LogP contribution is -2.14. The van der Waals surface area contributed by atoms with Gasteiger partial charge in [0.1, 0.15) is 17.5 Å². The molecule has 0 spiro atoms. The molecule has 0 atom stereocenters. The molecule has 1 heterocycles. The number of aromatic nitrogens is 2. The van der Waals surface area contributed by atoms with Gasteiger partial charge in [-0.05, 0) is 12.1 Å². The molecular formula is C11H11F2N3O2S. The highest BCUT2D eigenvalue weighted by molar-refractivity contribution is 7.92. The smallest absolute Gasteiger partial charge is 0.279 e. The largest absolute Gasteiger partial charge is 0.332 e. The van der Waals surface area contributed by atoms with E-state index >= 15 is 0 Å². The standard InChI is InChI=1S/C11H11F2N3O2S/c1-2-10-14-6-11(15-10)19(17,18)16-9-5-7(12)3-4-8(9)13/h3-6,16H,2H2,1H3,(H,14,15). The quantitative estimate of drug-likeness (QED) is 0.903. The fraction of sp³-hybridized carbons (Fsp3) is 0.182. The number of aryl methyl sites for hydroxylation is 1. The van der Waals surface area contributed by atoms with E-state index in [4.69, 9.17) is 0 Å². The molecular weight excluding hydrogens is 276 g/mol. The average molecular weight is 287 g/mol. The summed E-state index contributed by atoms with van der Waals surface area (Å²) in [4.78, 5) is 6.42. The van der Waals surface area contributed by atoms with Crippen LogP contribution in [0.1, 0.15) is 12.7 Å². The normalized spacial score (nSPS) is 11.5. The molecule has 102 valence electrons. The lowest BCUT2D eigenvalue weighted by molar-refractivity contribution is 0.592. The fourth-order valence-electron chi connectivity index (χ4n) is 1.43. The highest BCUT2D eigenvalue weighted by Gasteiger charge is 2.19. The molecule has 19 heavy (non-hydrogen) atoms. The first-order valence-electron chi connectivity index (χ1n) is 5.44. The van der Waals surface area contributed by atoms with Crippen LogP contribution in [0.5, 0.6) is 0 Å². The summed E-state index contributed by atoms with van der Waals surface area (Å²) in [5, 5.41) is -0.201. The highest BCUT2D eigenvalue weighted by atomic mass is 32.2. The molecule has 0 unspecified atom stereocenters. The van der Waals surface area contributed by atoms with E-state index in [-0.39, 0.29) is 5.03 Å². The van der Waals surface area contributed by atoms with Crippen LogP contribution in [0.25, 0.3) is 0 Å². The van der Waals surface area contributed by atoms with E-state index < -0.39 is 27.3 Å². The maximum absolute atomic E-state index is 13.4. The summed E-state index contributed by atoms with van der Waals surface area (Å²) < 4.78 is 52.1. The van der Waals surface area contributed by atoms with Gasteiger partial charge >= 0.3 is 0 Å². The summed E-state index contributed by atoms with van der Waals surface area (Å²) in [5.74, 6) is -1.11. The van der Waals surface area contributed by atoms with Gasteiger partial charge in [0.05, 0.1) is 11.9 Å². The SMILES string of the molecule is CCc1ncc(S(=O)(=O)Nc2cc(F)ccc2F)[nH]1. The van der Waals surface area contributed by atoms with Gasteiger partial charge in [-0.1, -0.05) is 6.92 Å². The number of rotatable bonds is 4. The number of H-pyrrole nitrogens is 1. The number of benzene rings is 1. The van der Waals surface area contributed by atoms with Crippen molar-refractivity contribution in [1.82, 2.24) is 9.97 Å². The molecule has 0 aliphatic carbocycles. The van der Waals surface area contributed by atoms with Crippen molar-refractivity contribution in [2.75, 3.05) is 4.72 Å². The van der Waals surface area contributed by atoms with Gasteiger partial charge in [-0.2, -0.15) is 8.42 Å². The van der Waals surface area contributed by atoms with Crippen LogP contribution < -0.4 is 4.72 Å². The van der Waals surface area contributed by atoms with Crippen LogP contribution in [-0.4, -0.2) is 18.4 Å². The van der Waals surface area contributed by atoms with E-state index in [9.17, 15) is 17.2 Å². The van der Waals surface area contributed by atoms with Crippen molar-refractivity contribution in [2.24, 2.45) is 0 Å². The molecule has 2 N–H and O–H groups in total. The van der Waals surface area contributed by atoms with Crippen molar-refractivity contribution in [1.29, 1.82) is 0 Å². The molecule has 0 saturated heterocycles. The average Bonchev–Trinajstić information content (AvgIpc) is 2.83. The number of imidazole rings is 1. The first-order chi connectivity index (χ1) is 8.92. The van der Waals surface area contributed by atoms with Crippen molar-refractivity contribution in [3.63, 3.8) is 0 Å². The fourth-order valence-corrected chi connectivity index (χ4v) is 2.43. The van der Waals surface area contributed by atoms with E-state index in [1.807, 2.05) is 4.72 Å². The molecule has 0 radical (unpaired) electrons. The minimum absolute atomic E-state index is 0.201. The topological polar surface area (TPSA) is 74.8 Å². The summed E-state index contributed by atoms with van der Waals surface area (Å²) in [6.45, 7) is 1.80. The van der Waals surface area contributed by atoms with Gasteiger partial charge in [0.2, 0.25) is 0 Å². The highest BCUT2D eigenvalue weighted by Crippen LogP contribution is 2.19. The number of nitrogens with zero attached hydrogens (tertiary/aromatic N) is 1. The third kappa shape index (κ3) is 2.90. The Morgan fingerprint density at radius 3 is 2.74 bits per heavy atom. The van der Waals surface area contributed by atoms with Crippen LogP contribution in [0, 0.1) is 11.6 Å². The third-order valence-electron chi connectivity index (χ3n) is 2.40. The van der Waals surface area contributed by atoms with E-state index in [2.05, 4.69) is 9.97 Å². The van der Waals surface area contributed by atoms with Gasteiger partial charge in [0.15, 0.2) is 5.03 Å². The van der Waals surface area contributed by atoms with Crippen LogP contribution in [0.2, 0.25) is 0 Å². The van der Waals surface area contributed by atoms with Crippen molar-refractivity contribution in [3.05, 3.63) is 41.9 Å². The molecule has 0 aliphatic rings. The molecule has 0 bridgehead atoms. The summed E-state index contributed by atoms with van der Waals surface area (Å²) in [7, 11) is -4.02. The zero-order valence-corrected chi connectivity index (χ0v) is 10.8. The number of anilines is 1. The van der Waals surface area contributed by atoms with Crippen LogP contribution >= 0.6 is 0 Å². The minimum Gasteiger partial charge on any atom is -0.332 e. The molecule has 0 fully saturated rings. The third-order valence-corrected chi connectivity index (χ3v) is 3.68. The molecule has 1 aromatic carbocycles. The maximum atomic E-state index is 13.4. The van der Waals surface area contributed by atoms with Crippen molar-refractivity contribution >= 4 is 15.7 Å². The Balaban J connectivity index is 2.33. The van der Waals surface area contributed by atoms with Gasteiger partial charge < -0.3 is 4.98 Å². The lowest BCUT2D eigenvalue weighted by Gasteiger charge is -2.07. The van der Waals surface area contributed by atoms with E-state index in [0.717, 1.165) is 24.4 Å². The number of halogens is 2. The summed E-state index contributed by atoms with van der Waals surface area (Å²) in [6, 6.07) is 2.51. The van der Waals surface area contributed by atoms with Crippen molar-refractivity contribution < 1.29 is 17.2 Å². The van der Waals surface area contributed by atoms with Crippen LogP contribution in [0.4, 0.5) is 14.5 Å². The van der Waals surface area contributed by atoms with E-state index in [1.54, 1.807) is 6.92 Å². The summed E-state index contributed by atoms with van der Waals surface area (Å²) in [5.41, 5.74) is -0.451. The molecule has 5 nitrogen and oxygen atoms in total. The Bertz CT molecular complexity index is 698. The Kier molecular flexibility index (Phi) is 3.52. The molecule has 0 amide bonds. The van der Waals surface area contributed by atoms with Gasteiger partial charge in [-0.15, -0.1) is 0 Å². The zero-order valence-electron chi connectivity index (χ0n) is 9.94. The Morgan fingerprint density at radius 1 is 1.37 bits per heavy atom. The van der Waals surface area contributed by atoms with Gasteiger partial charge in [0, 0.05) is 12.5 Å². The Morgan fingerprint density at radius 2 is 2.11 bits per heavy atom. The second kappa shape index (κ2) is 4.96. The summed E-state index contributed by atoms with van der Waals surface area (Å²) in [6.07, 6.45) is 1.65. The Labute approximate surface area is 108 Å². The first kappa shape index (κ1) is 13.5. The van der Waals surface area contributed by atoms with Gasteiger partial charge in [-0.3, -0.25) is 4.72 Å². The van der Waals surface area contributed by atoms with E-state index in [1.165, 1.54) is 0 Å². The maximum Gasteiger partial charge on any atom is 0.279 e. The molecule has 8 heteroatoms. The number of aromatic amines is 1. The van der Waals surface area contributed by atoms with Crippen molar-refractivity contribution in [2.45, 2.75) is 18.4 Å². The number of hydrogen-bond acceptors (Lipinski definition) is 3. The number of sulfonamides is 1. The van der Waals surface area contributed by atoms with E-state index in [0.29, 0.717) is 12.2 Å². The molecule has 2 rings (SSSR count). The van der Waals surface area contributed by atoms with Gasteiger partial charge in [-0.25, -0.2) is 13.8 Å². The van der Waals surface area contributed by atoms with Crippen molar-refractivity contribution in [3.8, 4) is 0 Å². The zero-order chi connectivity index (χ0) is 14.0. The predicted octanol–water partition coefficient (Wildman–Crippen LogP) is 2.05. The van der Waals surface area contributed by atoms with Gasteiger partial charge in [0.25, 0.3) is 10.0 Å². The first-order valence-corrected chi connectivity index (χ1v) is 6.92. The number of nitrogens with one attached hydrogen (secondary N) is 2. The number of hydrogen-bond donors (Lipinski definition) is 2. The summed E-state index contributed by atoms with van der Waals surface area (Å²) >= 11 is 0. The molecule has 1 aromatic heterocycles. The monoisotopic (exact) mass is 287 g/mol. The minimum atomic E-state index is -4.02. The molecule has 0 aliphatic heterocycles. The van der Waals surface area contributed by atoms with Crippen LogP contribution in [0.15, 0.2) is 29.4 Å². The lowest BCUT2D eigenvalue weighted by atomic mass is 10.3. The second-order valence-electron chi connectivity index (χ2n) is 3.78. The van der Waals surface area contributed by atoms with Crippen LogP contribution in [-0.2, 0) is 16.4 Å².